The number of hydrogen-bond donors (Lipinski definition) is 0. The van der Waals surface area contributed by atoms with Crippen LogP contribution >= 0.6 is 0 Å². The van der Waals surface area contributed by atoms with Crippen molar-refractivity contribution in [1.29, 1.82) is 0 Å². The van der Waals surface area contributed by atoms with Crippen molar-refractivity contribution in [3.05, 3.63) is 82.8 Å². The van der Waals surface area contributed by atoms with Gasteiger partial charge in [-0.3, -0.25) is 9.59 Å². The molecular weight excluding hydrogens is 359 g/mol. The van der Waals surface area contributed by atoms with Crippen LogP contribution in [0.1, 0.15) is 21.7 Å². The van der Waals surface area contributed by atoms with Crippen molar-refractivity contribution in [2.75, 3.05) is 13.1 Å². The summed E-state index contributed by atoms with van der Waals surface area (Å²) in [7, 11) is 0. The maximum atomic E-state index is 13.0. The van der Waals surface area contributed by atoms with Gasteiger partial charge in [-0.25, -0.2) is 4.68 Å². The quantitative estimate of drug-likeness (QED) is 0.726. The predicted octanol–water partition coefficient (Wildman–Crippen LogP) is 3.37. The largest absolute Gasteiger partial charge is 0.416 e. The maximum Gasteiger partial charge on any atom is 0.416 e. The normalized spacial score (nSPS) is 11.1. The third kappa shape index (κ3) is 4.52. The van der Waals surface area contributed by atoms with Gasteiger partial charge in [-0.05, 0) is 25.1 Å². The molecule has 0 aliphatic rings. The van der Waals surface area contributed by atoms with Crippen molar-refractivity contribution in [3.8, 4) is 5.69 Å². The molecule has 0 unspecified atom stereocenters. The van der Waals surface area contributed by atoms with Gasteiger partial charge in [0, 0.05) is 24.8 Å². The minimum absolute atomic E-state index is 0.0929. The van der Waals surface area contributed by atoms with E-state index in [4.69, 9.17) is 0 Å². The highest BCUT2D eigenvalue weighted by molar-refractivity contribution is 5.92. The molecule has 0 atom stereocenters. The number of halogens is 3. The number of carbonyl (C=O) groups excluding carboxylic acids is 1. The lowest BCUT2D eigenvalue weighted by atomic mass is 10.2. The molecule has 0 aliphatic heterocycles. The van der Waals surface area contributed by atoms with Crippen LogP contribution in [0.15, 0.2) is 60.4 Å². The second-order valence-corrected chi connectivity index (χ2v) is 5.75. The number of benzene rings is 1. The summed E-state index contributed by atoms with van der Waals surface area (Å²) >= 11 is 0. The molecule has 2 aromatic rings. The minimum Gasteiger partial charge on any atom is -0.330 e. The van der Waals surface area contributed by atoms with Crippen molar-refractivity contribution in [2.45, 2.75) is 13.1 Å². The fourth-order valence-electron chi connectivity index (χ4n) is 2.47. The minimum atomic E-state index is -4.52. The van der Waals surface area contributed by atoms with E-state index in [1.165, 1.54) is 42.2 Å². The number of aryl methyl sites for hydroxylation is 1. The van der Waals surface area contributed by atoms with E-state index in [2.05, 4.69) is 18.3 Å². The summed E-state index contributed by atoms with van der Waals surface area (Å²) in [5, 5.41) is 4.03. The Morgan fingerprint density at radius 3 is 2.41 bits per heavy atom. The first kappa shape index (κ1) is 20.2. The molecule has 1 heterocycles. The summed E-state index contributed by atoms with van der Waals surface area (Å²) in [6.45, 7) is 8.97. The number of alkyl halides is 3. The summed E-state index contributed by atoms with van der Waals surface area (Å²) < 4.78 is 40.1. The fraction of sp³-hybridized carbons (Fsp3) is 0.211. The fourth-order valence-corrected chi connectivity index (χ4v) is 2.47. The predicted molar refractivity (Wildman–Crippen MR) is 95.9 cm³/mol. The lowest BCUT2D eigenvalue weighted by Gasteiger charge is -2.19. The summed E-state index contributed by atoms with van der Waals surface area (Å²) in [6, 6.07) is 5.66. The van der Waals surface area contributed by atoms with Gasteiger partial charge in [-0.2, -0.15) is 18.3 Å². The number of hydrogen-bond acceptors (Lipinski definition) is 3. The first-order valence-corrected chi connectivity index (χ1v) is 7.98. The Kier molecular flexibility index (Phi) is 5.99. The van der Waals surface area contributed by atoms with Gasteiger partial charge in [0.2, 0.25) is 5.43 Å². The molecule has 27 heavy (non-hydrogen) atoms. The van der Waals surface area contributed by atoms with Crippen LogP contribution < -0.4 is 5.43 Å². The molecule has 1 amide bonds. The van der Waals surface area contributed by atoms with Crippen molar-refractivity contribution >= 4 is 5.91 Å². The van der Waals surface area contributed by atoms with Crippen LogP contribution in [-0.2, 0) is 6.18 Å². The van der Waals surface area contributed by atoms with E-state index in [0.29, 0.717) is 5.69 Å². The van der Waals surface area contributed by atoms with E-state index in [1.54, 1.807) is 0 Å². The smallest absolute Gasteiger partial charge is 0.330 e. The van der Waals surface area contributed by atoms with Crippen molar-refractivity contribution in [2.24, 2.45) is 0 Å². The van der Waals surface area contributed by atoms with Gasteiger partial charge in [-0.1, -0.05) is 18.2 Å². The van der Waals surface area contributed by atoms with Gasteiger partial charge >= 0.3 is 6.18 Å². The van der Waals surface area contributed by atoms with E-state index in [0.717, 1.165) is 16.8 Å². The Bertz CT molecular complexity index is 923. The van der Waals surface area contributed by atoms with Gasteiger partial charge in [0.25, 0.3) is 5.91 Å². The molecule has 2 rings (SSSR count). The molecule has 5 nitrogen and oxygen atoms in total. The zero-order valence-electron chi connectivity index (χ0n) is 14.7. The highest BCUT2D eigenvalue weighted by Crippen LogP contribution is 2.30. The molecule has 0 radical (unpaired) electrons. The Hall–Kier alpha value is -3.16. The molecule has 0 fully saturated rings. The molecule has 8 heteroatoms. The number of carbonyl (C=O) groups is 1. The van der Waals surface area contributed by atoms with Crippen LogP contribution in [0.4, 0.5) is 13.2 Å². The van der Waals surface area contributed by atoms with Crippen molar-refractivity contribution in [1.82, 2.24) is 14.7 Å². The van der Waals surface area contributed by atoms with Crippen LogP contribution in [0.5, 0.6) is 0 Å². The SMILES string of the molecule is C=CCN(CC=C)C(=O)c1nn(-c2cccc(C(F)(F)F)c2)c(C)cc1=O. The molecule has 0 spiro atoms. The average Bonchev–Trinajstić information content (AvgIpc) is 2.60. The summed E-state index contributed by atoms with van der Waals surface area (Å²) in [5.41, 5.74) is -1.46. The zero-order valence-corrected chi connectivity index (χ0v) is 14.7. The first-order chi connectivity index (χ1) is 12.7. The number of nitrogens with zero attached hydrogens (tertiary/aromatic N) is 3. The topological polar surface area (TPSA) is 55.2 Å². The van der Waals surface area contributed by atoms with Crippen molar-refractivity contribution < 1.29 is 18.0 Å². The lowest BCUT2D eigenvalue weighted by Crippen LogP contribution is -2.36. The van der Waals surface area contributed by atoms with Crippen LogP contribution in [0.25, 0.3) is 5.69 Å². The molecule has 1 aromatic carbocycles. The molecular formula is C19H18F3N3O2. The maximum absolute atomic E-state index is 13.0. The first-order valence-electron chi connectivity index (χ1n) is 7.98. The number of aromatic nitrogens is 2. The van der Waals surface area contributed by atoms with E-state index >= 15 is 0 Å². The Labute approximate surface area is 154 Å². The van der Waals surface area contributed by atoms with Crippen molar-refractivity contribution in [3.63, 3.8) is 0 Å². The molecule has 0 saturated carbocycles. The van der Waals surface area contributed by atoms with Gasteiger partial charge < -0.3 is 4.90 Å². The summed E-state index contributed by atoms with van der Waals surface area (Å²) in [5.74, 6) is -0.652. The Balaban J connectivity index is 2.56. The third-order valence-corrected chi connectivity index (χ3v) is 3.71. The van der Waals surface area contributed by atoms with E-state index in [1.807, 2.05) is 0 Å². The molecule has 0 saturated heterocycles. The summed E-state index contributed by atoms with van der Waals surface area (Å²) in [4.78, 5) is 26.2. The second kappa shape index (κ2) is 8.03. The second-order valence-electron chi connectivity index (χ2n) is 5.75. The third-order valence-electron chi connectivity index (χ3n) is 3.71. The van der Waals surface area contributed by atoms with E-state index in [9.17, 15) is 22.8 Å². The van der Waals surface area contributed by atoms with Crippen LogP contribution in [0.3, 0.4) is 0 Å². The van der Waals surface area contributed by atoms with E-state index in [-0.39, 0.29) is 24.5 Å². The zero-order chi connectivity index (χ0) is 20.2. The van der Waals surface area contributed by atoms with Crippen LogP contribution in [0, 0.1) is 6.92 Å². The molecule has 0 aliphatic carbocycles. The van der Waals surface area contributed by atoms with Gasteiger partial charge in [0.05, 0.1) is 11.3 Å². The number of rotatable bonds is 6. The molecule has 142 valence electrons. The monoisotopic (exact) mass is 377 g/mol. The van der Waals surface area contributed by atoms with E-state index < -0.39 is 23.1 Å². The molecule has 0 bridgehead atoms. The Morgan fingerprint density at radius 1 is 1.22 bits per heavy atom. The molecule has 1 aromatic heterocycles. The van der Waals surface area contributed by atoms with Crippen LogP contribution in [-0.4, -0.2) is 33.7 Å². The highest BCUT2D eigenvalue weighted by Gasteiger charge is 2.30. The molecule has 0 N–H and O–H groups in total. The van der Waals surface area contributed by atoms with Crippen LogP contribution in [0.2, 0.25) is 0 Å². The van der Waals surface area contributed by atoms with Gasteiger partial charge in [0.15, 0.2) is 5.69 Å². The lowest BCUT2D eigenvalue weighted by molar-refractivity contribution is -0.137. The van der Waals surface area contributed by atoms with Gasteiger partial charge in [-0.15, -0.1) is 13.2 Å². The average molecular weight is 377 g/mol. The summed E-state index contributed by atoms with van der Waals surface area (Å²) in [6.07, 6.45) is -1.55. The van der Waals surface area contributed by atoms with Gasteiger partial charge in [0.1, 0.15) is 0 Å². The number of amides is 1. The Morgan fingerprint density at radius 2 is 1.85 bits per heavy atom. The highest BCUT2D eigenvalue weighted by atomic mass is 19.4. The standard InChI is InChI=1S/C19H18F3N3O2/c1-4-9-24(10-5-2)18(27)17-16(26)11-13(3)25(23-17)15-8-6-7-14(12-15)19(20,21)22/h4-8,11-12H,1-2,9-10H2,3H3.